The lowest BCUT2D eigenvalue weighted by Crippen LogP contribution is -2.40. The fourth-order valence-electron chi connectivity index (χ4n) is 2.99. The summed E-state index contributed by atoms with van der Waals surface area (Å²) in [4.78, 5) is 7.11. The Bertz CT molecular complexity index is 631. The van der Waals surface area contributed by atoms with Crippen molar-refractivity contribution in [2.75, 3.05) is 23.7 Å². The molecule has 1 aromatic heterocycles. The molecule has 0 saturated carbocycles. The SMILES string of the molecule is Cc1cc(N2CC(C)SC(C)C2)c2cc(N)ccc2n1. The van der Waals surface area contributed by atoms with Gasteiger partial charge < -0.3 is 10.6 Å². The summed E-state index contributed by atoms with van der Waals surface area (Å²) in [5, 5.41) is 2.48. The van der Waals surface area contributed by atoms with Crippen LogP contribution < -0.4 is 10.6 Å². The molecule has 2 aromatic rings. The van der Waals surface area contributed by atoms with Gasteiger partial charge in [-0.05, 0) is 31.2 Å². The van der Waals surface area contributed by atoms with Gasteiger partial charge in [0, 0.05) is 46.0 Å². The van der Waals surface area contributed by atoms with E-state index < -0.39 is 0 Å². The predicted octanol–water partition coefficient (Wildman–Crippen LogP) is 3.46. The average molecular weight is 287 g/mol. The van der Waals surface area contributed by atoms with Crippen LogP contribution in [0.5, 0.6) is 0 Å². The number of rotatable bonds is 1. The molecular weight excluding hydrogens is 266 g/mol. The van der Waals surface area contributed by atoms with Crippen molar-refractivity contribution >= 4 is 34.0 Å². The minimum Gasteiger partial charge on any atom is -0.399 e. The molecule has 0 radical (unpaired) electrons. The predicted molar refractivity (Wildman–Crippen MR) is 89.6 cm³/mol. The van der Waals surface area contributed by atoms with E-state index in [1.807, 2.05) is 18.2 Å². The van der Waals surface area contributed by atoms with Crippen molar-refractivity contribution < 1.29 is 0 Å². The van der Waals surface area contributed by atoms with Crippen molar-refractivity contribution in [3.63, 3.8) is 0 Å². The highest BCUT2D eigenvalue weighted by atomic mass is 32.2. The summed E-state index contributed by atoms with van der Waals surface area (Å²) < 4.78 is 0. The van der Waals surface area contributed by atoms with Gasteiger partial charge in [0.1, 0.15) is 0 Å². The molecule has 2 heterocycles. The monoisotopic (exact) mass is 287 g/mol. The second kappa shape index (κ2) is 5.17. The lowest BCUT2D eigenvalue weighted by atomic mass is 10.1. The molecule has 2 atom stereocenters. The fraction of sp³-hybridized carbons (Fsp3) is 0.438. The van der Waals surface area contributed by atoms with E-state index in [1.165, 1.54) is 11.1 Å². The third-order valence-electron chi connectivity index (χ3n) is 3.70. The van der Waals surface area contributed by atoms with Crippen LogP contribution in [0.1, 0.15) is 19.5 Å². The number of nitrogen functional groups attached to an aromatic ring is 1. The van der Waals surface area contributed by atoms with Crippen molar-refractivity contribution in [3.05, 3.63) is 30.0 Å². The Morgan fingerprint density at radius 3 is 2.60 bits per heavy atom. The van der Waals surface area contributed by atoms with Gasteiger partial charge in [0.25, 0.3) is 0 Å². The van der Waals surface area contributed by atoms with E-state index in [2.05, 4.69) is 48.5 Å². The summed E-state index contributed by atoms with van der Waals surface area (Å²) in [5.74, 6) is 0. The summed E-state index contributed by atoms with van der Waals surface area (Å²) in [6, 6.07) is 8.19. The highest BCUT2D eigenvalue weighted by molar-refractivity contribution is 8.00. The second-order valence-electron chi connectivity index (χ2n) is 5.72. The third kappa shape index (κ3) is 2.57. The quantitative estimate of drug-likeness (QED) is 0.816. The molecule has 3 nitrogen and oxygen atoms in total. The van der Waals surface area contributed by atoms with Crippen LogP contribution in [-0.2, 0) is 0 Å². The minimum atomic E-state index is 0.656. The average Bonchev–Trinajstić information content (AvgIpc) is 2.37. The zero-order valence-electron chi connectivity index (χ0n) is 12.3. The molecular formula is C16H21N3S. The Morgan fingerprint density at radius 2 is 1.90 bits per heavy atom. The first-order chi connectivity index (χ1) is 9.52. The van der Waals surface area contributed by atoms with E-state index >= 15 is 0 Å². The van der Waals surface area contributed by atoms with E-state index in [4.69, 9.17) is 5.73 Å². The van der Waals surface area contributed by atoms with E-state index in [0.29, 0.717) is 10.5 Å². The van der Waals surface area contributed by atoms with Crippen LogP contribution in [0.15, 0.2) is 24.3 Å². The number of benzene rings is 1. The summed E-state index contributed by atoms with van der Waals surface area (Å²) >= 11 is 2.07. The van der Waals surface area contributed by atoms with Crippen LogP contribution in [0.4, 0.5) is 11.4 Å². The summed E-state index contributed by atoms with van der Waals surface area (Å²) in [5.41, 5.74) is 10.1. The van der Waals surface area contributed by atoms with Gasteiger partial charge in [0.15, 0.2) is 0 Å². The van der Waals surface area contributed by atoms with Gasteiger partial charge in [0.05, 0.1) is 5.52 Å². The van der Waals surface area contributed by atoms with Crippen LogP contribution in [0.2, 0.25) is 0 Å². The van der Waals surface area contributed by atoms with Crippen LogP contribution in [0.3, 0.4) is 0 Å². The first kappa shape index (κ1) is 13.6. The van der Waals surface area contributed by atoms with Crippen LogP contribution in [0.25, 0.3) is 10.9 Å². The molecule has 1 aliphatic heterocycles. The number of aryl methyl sites for hydroxylation is 1. The van der Waals surface area contributed by atoms with Crippen LogP contribution in [0, 0.1) is 6.92 Å². The van der Waals surface area contributed by atoms with Crippen LogP contribution >= 0.6 is 11.8 Å². The molecule has 3 rings (SSSR count). The molecule has 0 aliphatic carbocycles. The number of nitrogens with two attached hydrogens (primary N) is 1. The molecule has 4 heteroatoms. The summed E-state index contributed by atoms with van der Waals surface area (Å²) in [6.07, 6.45) is 0. The van der Waals surface area contributed by atoms with Gasteiger partial charge in [-0.3, -0.25) is 4.98 Å². The third-order valence-corrected chi connectivity index (χ3v) is 4.93. The highest BCUT2D eigenvalue weighted by Gasteiger charge is 2.24. The van der Waals surface area contributed by atoms with Crippen molar-refractivity contribution in [3.8, 4) is 0 Å². The van der Waals surface area contributed by atoms with Gasteiger partial charge in [0.2, 0.25) is 0 Å². The molecule has 2 unspecified atom stereocenters. The van der Waals surface area contributed by atoms with Gasteiger partial charge in [-0.15, -0.1) is 0 Å². The van der Waals surface area contributed by atoms with Crippen molar-refractivity contribution in [1.29, 1.82) is 0 Å². The van der Waals surface area contributed by atoms with E-state index in [9.17, 15) is 0 Å². The zero-order valence-corrected chi connectivity index (χ0v) is 13.1. The number of thioether (sulfide) groups is 1. The molecule has 1 aliphatic rings. The van der Waals surface area contributed by atoms with Crippen molar-refractivity contribution in [1.82, 2.24) is 4.98 Å². The number of hydrogen-bond donors (Lipinski definition) is 1. The molecule has 0 bridgehead atoms. The smallest absolute Gasteiger partial charge is 0.0727 e. The fourth-order valence-corrected chi connectivity index (χ4v) is 4.32. The number of pyridine rings is 1. The second-order valence-corrected chi connectivity index (χ2v) is 7.60. The molecule has 2 N–H and O–H groups in total. The van der Waals surface area contributed by atoms with Gasteiger partial charge in [-0.25, -0.2) is 0 Å². The van der Waals surface area contributed by atoms with Gasteiger partial charge in [-0.2, -0.15) is 11.8 Å². The standard InChI is InChI=1S/C16H21N3S/c1-10-6-16(19-8-11(2)20-12(3)9-19)14-7-13(17)4-5-15(14)18-10/h4-7,11-12H,8-9,17H2,1-3H3. The Hall–Kier alpha value is -1.42. The van der Waals surface area contributed by atoms with Gasteiger partial charge in [-0.1, -0.05) is 13.8 Å². The molecule has 1 fully saturated rings. The highest BCUT2D eigenvalue weighted by Crippen LogP contribution is 2.33. The lowest BCUT2D eigenvalue weighted by Gasteiger charge is -2.37. The maximum atomic E-state index is 5.96. The zero-order chi connectivity index (χ0) is 14.3. The maximum Gasteiger partial charge on any atom is 0.0727 e. The Labute approximate surface area is 124 Å². The first-order valence-corrected chi connectivity index (χ1v) is 8.04. The van der Waals surface area contributed by atoms with E-state index in [0.717, 1.165) is 30.0 Å². The Kier molecular flexibility index (Phi) is 3.50. The Morgan fingerprint density at radius 1 is 1.20 bits per heavy atom. The topological polar surface area (TPSA) is 42.1 Å². The molecule has 0 spiro atoms. The number of anilines is 2. The Balaban J connectivity index is 2.12. The number of nitrogens with zero attached hydrogens (tertiary/aromatic N) is 2. The number of aromatic nitrogens is 1. The van der Waals surface area contributed by atoms with Crippen LogP contribution in [-0.4, -0.2) is 28.6 Å². The molecule has 0 amide bonds. The summed E-state index contributed by atoms with van der Waals surface area (Å²) in [7, 11) is 0. The molecule has 1 aromatic carbocycles. The molecule has 106 valence electrons. The molecule has 1 saturated heterocycles. The largest absolute Gasteiger partial charge is 0.399 e. The lowest BCUT2D eigenvalue weighted by molar-refractivity contribution is 0.730. The molecule has 20 heavy (non-hydrogen) atoms. The first-order valence-electron chi connectivity index (χ1n) is 7.10. The number of hydrogen-bond acceptors (Lipinski definition) is 4. The van der Waals surface area contributed by atoms with Crippen molar-refractivity contribution in [2.24, 2.45) is 0 Å². The van der Waals surface area contributed by atoms with Crippen molar-refractivity contribution in [2.45, 2.75) is 31.3 Å². The number of fused-ring (bicyclic) bond motifs is 1. The van der Waals surface area contributed by atoms with E-state index in [1.54, 1.807) is 0 Å². The minimum absolute atomic E-state index is 0.656. The summed E-state index contributed by atoms with van der Waals surface area (Å²) in [6.45, 7) is 8.84. The normalized spacial score (nSPS) is 23.2. The van der Waals surface area contributed by atoms with E-state index in [-0.39, 0.29) is 0 Å². The maximum absolute atomic E-state index is 5.96. The van der Waals surface area contributed by atoms with Gasteiger partial charge >= 0.3 is 0 Å².